The predicted molar refractivity (Wildman–Crippen MR) is 82.2 cm³/mol. The van der Waals surface area contributed by atoms with Crippen LogP contribution in [0.5, 0.6) is 0 Å². The fourth-order valence-electron chi connectivity index (χ4n) is 1.34. The highest BCUT2D eigenvalue weighted by atomic mass is 35.5. The molecule has 0 saturated carbocycles. The molecule has 0 saturated heterocycles. The third-order valence-electron chi connectivity index (χ3n) is 2.08. The summed E-state index contributed by atoms with van der Waals surface area (Å²) < 4.78 is 27.7. The van der Waals surface area contributed by atoms with Crippen LogP contribution in [-0.2, 0) is 18.1 Å². The lowest BCUT2D eigenvalue weighted by molar-refractivity contribution is 0.159. The van der Waals surface area contributed by atoms with Gasteiger partial charge in [0.25, 0.3) is 0 Å². The quantitative estimate of drug-likeness (QED) is 0.461. The Balaban J connectivity index is 3.08. The van der Waals surface area contributed by atoms with Crippen molar-refractivity contribution in [3.8, 4) is 0 Å². The van der Waals surface area contributed by atoms with Crippen molar-refractivity contribution in [3.05, 3.63) is 39.3 Å². The van der Waals surface area contributed by atoms with E-state index in [0.717, 1.165) is 5.54 Å². The smallest absolute Gasteiger partial charge is 0.402 e. The Kier molecular flexibility index (Phi) is 7.38. The summed E-state index contributed by atoms with van der Waals surface area (Å²) >= 11 is 17.7. The third-order valence-corrected chi connectivity index (χ3v) is 4.41. The number of phosphoric ester groups is 1. The van der Waals surface area contributed by atoms with E-state index in [1.807, 2.05) is 0 Å². The van der Waals surface area contributed by atoms with Gasteiger partial charge in [-0.1, -0.05) is 34.8 Å². The Morgan fingerprint density at radius 2 is 1.85 bits per heavy atom. The van der Waals surface area contributed by atoms with Gasteiger partial charge in [-0.3, -0.25) is 9.05 Å². The molecule has 20 heavy (non-hydrogen) atoms. The highest BCUT2D eigenvalue weighted by Crippen LogP contribution is 2.53. The van der Waals surface area contributed by atoms with Crippen molar-refractivity contribution in [3.63, 3.8) is 0 Å². The third kappa shape index (κ3) is 4.96. The highest BCUT2D eigenvalue weighted by molar-refractivity contribution is 7.48. The first kappa shape index (κ1) is 17.8. The first-order valence-corrected chi connectivity index (χ1v) is 8.45. The summed E-state index contributed by atoms with van der Waals surface area (Å²) in [5, 5.41) is 0.785. The van der Waals surface area contributed by atoms with Crippen LogP contribution in [0, 0.1) is 0 Å². The zero-order valence-corrected chi connectivity index (χ0v) is 14.1. The number of phosphoric acid groups is 1. The number of hydrogen-bond donors (Lipinski definition) is 0. The molecule has 0 aliphatic carbocycles. The zero-order valence-electron chi connectivity index (χ0n) is 10.9. The summed E-state index contributed by atoms with van der Waals surface area (Å²) in [7, 11) is -3.75. The molecule has 0 unspecified atom stereocenters. The number of halogens is 3. The Hall–Kier alpha value is -0.220. The van der Waals surface area contributed by atoms with E-state index in [1.54, 1.807) is 32.0 Å². The van der Waals surface area contributed by atoms with Gasteiger partial charge in [0.05, 0.1) is 18.2 Å². The number of rotatable bonds is 7. The Morgan fingerprint density at radius 1 is 1.25 bits per heavy atom. The molecular weight excluding hydrogens is 345 g/mol. The lowest BCUT2D eigenvalue weighted by Gasteiger charge is -2.19. The van der Waals surface area contributed by atoms with E-state index in [1.165, 1.54) is 0 Å². The van der Waals surface area contributed by atoms with Crippen molar-refractivity contribution in [2.75, 3.05) is 13.2 Å². The molecule has 0 amide bonds. The average Bonchev–Trinajstić information content (AvgIpc) is 2.40. The first-order valence-electron chi connectivity index (χ1n) is 5.80. The van der Waals surface area contributed by atoms with E-state index >= 15 is 0 Å². The van der Waals surface area contributed by atoms with Gasteiger partial charge in [0, 0.05) is 16.1 Å². The van der Waals surface area contributed by atoms with E-state index in [2.05, 4.69) is 0 Å². The number of benzene rings is 1. The van der Waals surface area contributed by atoms with Gasteiger partial charge >= 0.3 is 7.82 Å². The van der Waals surface area contributed by atoms with Gasteiger partial charge in [-0.2, -0.15) is 0 Å². The van der Waals surface area contributed by atoms with Gasteiger partial charge in [0.2, 0.25) is 0 Å². The SMILES string of the molecule is CCOP(=O)(OCC)O/C(=C/Cl)c1cc(Cl)ccc1Cl. The molecule has 0 fully saturated rings. The van der Waals surface area contributed by atoms with Gasteiger partial charge < -0.3 is 4.52 Å². The van der Waals surface area contributed by atoms with Crippen molar-refractivity contribution in [2.24, 2.45) is 0 Å². The van der Waals surface area contributed by atoms with E-state index in [4.69, 9.17) is 48.4 Å². The molecule has 0 aliphatic heterocycles. The molecule has 1 aromatic carbocycles. The molecule has 0 spiro atoms. The predicted octanol–water partition coefficient (Wildman–Crippen LogP) is 5.73. The molecular formula is C12H14Cl3O4P. The summed E-state index contributed by atoms with van der Waals surface area (Å²) in [5.74, 6) is 0.0596. The molecule has 1 rings (SSSR count). The van der Waals surface area contributed by atoms with Crippen LogP contribution in [0.4, 0.5) is 0 Å². The Morgan fingerprint density at radius 3 is 2.35 bits per heavy atom. The Labute approximate surface area is 133 Å². The van der Waals surface area contributed by atoms with Crippen LogP contribution < -0.4 is 0 Å². The maximum Gasteiger partial charge on any atom is 0.530 e. The van der Waals surface area contributed by atoms with Gasteiger partial charge in [0.1, 0.15) is 0 Å². The van der Waals surface area contributed by atoms with Crippen LogP contribution >= 0.6 is 42.6 Å². The Bertz CT molecular complexity index is 523. The average molecular weight is 360 g/mol. The lowest BCUT2D eigenvalue weighted by Crippen LogP contribution is -2.00. The summed E-state index contributed by atoms with van der Waals surface area (Å²) in [4.78, 5) is 0. The van der Waals surface area contributed by atoms with Gasteiger partial charge in [-0.05, 0) is 32.0 Å². The van der Waals surface area contributed by atoms with Crippen LogP contribution in [-0.4, -0.2) is 13.2 Å². The summed E-state index contributed by atoms with van der Waals surface area (Å²) in [6, 6.07) is 4.74. The fraction of sp³-hybridized carbons (Fsp3) is 0.333. The summed E-state index contributed by atoms with van der Waals surface area (Å²) in [6.07, 6.45) is 0. The zero-order chi connectivity index (χ0) is 15.2. The largest absolute Gasteiger partial charge is 0.530 e. The highest BCUT2D eigenvalue weighted by Gasteiger charge is 2.29. The summed E-state index contributed by atoms with van der Waals surface area (Å²) in [5.41, 5.74) is 1.50. The normalized spacial score (nSPS) is 12.6. The molecule has 0 radical (unpaired) electrons. The molecule has 0 aromatic heterocycles. The van der Waals surface area contributed by atoms with E-state index in [0.29, 0.717) is 15.6 Å². The fourth-order valence-corrected chi connectivity index (χ4v) is 3.15. The van der Waals surface area contributed by atoms with Crippen molar-refractivity contribution in [2.45, 2.75) is 13.8 Å². The first-order chi connectivity index (χ1) is 9.45. The van der Waals surface area contributed by atoms with E-state index in [9.17, 15) is 4.57 Å². The second-order valence-electron chi connectivity index (χ2n) is 3.47. The van der Waals surface area contributed by atoms with Crippen molar-refractivity contribution in [1.29, 1.82) is 0 Å². The number of hydrogen-bond acceptors (Lipinski definition) is 4. The van der Waals surface area contributed by atoms with E-state index in [-0.39, 0.29) is 19.0 Å². The molecule has 0 N–H and O–H groups in total. The molecule has 4 nitrogen and oxygen atoms in total. The van der Waals surface area contributed by atoms with Crippen LogP contribution in [0.2, 0.25) is 10.0 Å². The monoisotopic (exact) mass is 358 g/mol. The maximum atomic E-state index is 12.3. The second-order valence-corrected chi connectivity index (χ2v) is 6.13. The topological polar surface area (TPSA) is 44.8 Å². The lowest BCUT2D eigenvalue weighted by atomic mass is 10.2. The van der Waals surface area contributed by atoms with Crippen LogP contribution in [0.1, 0.15) is 19.4 Å². The van der Waals surface area contributed by atoms with Crippen molar-refractivity contribution in [1.82, 2.24) is 0 Å². The second kappa shape index (κ2) is 8.28. The molecule has 0 atom stereocenters. The van der Waals surface area contributed by atoms with E-state index < -0.39 is 7.82 Å². The maximum absolute atomic E-state index is 12.3. The minimum absolute atomic E-state index is 0.0596. The van der Waals surface area contributed by atoms with Gasteiger partial charge in [0.15, 0.2) is 5.76 Å². The van der Waals surface area contributed by atoms with Crippen molar-refractivity contribution < 1.29 is 18.1 Å². The standard InChI is InChI=1S/C12H14Cl3O4P/c1-3-17-20(16,18-4-2)19-12(8-13)10-7-9(14)5-6-11(10)15/h5-8H,3-4H2,1-2H3/b12-8+. The van der Waals surface area contributed by atoms with Crippen LogP contribution in [0.15, 0.2) is 23.7 Å². The molecule has 0 bridgehead atoms. The summed E-state index contributed by atoms with van der Waals surface area (Å²) in [6.45, 7) is 3.67. The van der Waals surface area contributed by atoms with Crippen molar-refractivity contribution >= 4 is 48.4 Å². The molecule has 8 heteroatoms. The van der Waals surface area contributed by atoms with Gasteiger partial charge in [-0.15, -0.1) is 0 Å². The molecule has 0 heterocycles. The molecule has 1 aromatic rings. The van der Waals surface area contributed by atoms with Gasteiger partial charge in [-0.25, -0.2) is 4.57 Å². The minimum Gasteiger partial charge on any atom is -0.402 e. The molecule has 0 aliphatic rings. The van der Waals surface area contributed by atoms with Crippen LogP contribution in [0.25, 0.3) is 5.76 Å². The van der Waals surface area contributed by atoms with Crippen LogP contribution in [0.3, 0.4) is 0 Å². The molecule has 112 valence electrons. The minimum atomic E-state index is -3.75.